The van der Waals surface area contributed by atoms with E-state index in [0.29, 0.717) is 27.3 Å². The van der Waals surface area contributed by atoms with E-state index < -0.39 is 0 Å². The van der Waals surface area contributed by atoms with Gasteiger partial charge in [-0.3, -0.25) is 14.9 Å². The number of halogens is 1. The molecule has 2 heterocycles. The summed E-state index contributed by atoms with van der Waals surface area (Å²) in [5.74, 6) is 0.653. The van der Waals surface area contributed by atoms with Crippen molar-refractivity contribution < 1.29 is 19.1 Å². The number of fused-ring (bicyclic) bond motifs is 1. The Labute approximate surface area is 182 Å². The van der Waals surface area contributed by atoms with Crippen LogP contribution in [-0.2, 0) is 9.59 Å². The lowest BCUT2D eigenvalue weighted by molar-refractivity contribution is -0.121. The molecule has 1 N–H and O–H groups in total. The van der Waals surface area contributed by atoms with E-state index in [1.54, 1.807) is 36.2 Å². The lowest BCUT2D eigenvalue weighted by atomic mass is 10.1. The largest absolute Gasteiger partial charge is 0.482 e. The third-order valence-electron chi connectivity index (χ3n) is 4.56. The number of amides is 2. The summed E-state index contributed by atoms with van der Waals surface area (Å²) in [5.41, 5.74) is 2.26. The summed E-state index contributed by atoms with van der Waals surface area (Å²) in [7, 11) is 1.71. The van der Waals surface area contributed by atoms with Crippen molar-refractivity contribution in [2.75, 3.05) is 30.5 Å². The minimum atomic E-state index is -0.334. The second-order valence-electron chi connectivity index (χ2n) is 6.62. The summed E-state index contributed by atoms with van der Waals surface area (Å²) >= 11 is 7.39. The van der Waals surface area contributed by atoms with Crippen molar-refractivity contribution in [2.45, 2.75) is 6.92 Å². The number of carbonyl (C=O) groups excluding carboxylic acids is 2. The molecule has 0 bridgehead atoms. The van der Waals surface area contributed by atoms with E-state index >= 15 is 0 Å². The molecule has 0 unspecified atom stereocenters. The van der Waals surface area contributed by atoms with Gasteiger partial charge in [-0.2, -0.15) is 0 Å². The van der Waals surface area contributed by atoms with Crippen molar-refractivity contribution in [3.8, 4) is 22.8 Å². The van der Waals surface area contributed by atoms with Crippen LogP contribution in [0.1, 0.15) is 4.88 Å². The fourth-order valence-corrected chi connectivity index (χ4v) is 4.04. The lowest BCUT2D eigenvalue weighted by Gasteiger charge is -2.26. The highest BCUT2D eigenvalue weighted by atomic mass is 35.5. The number of hydrogen-bond acceptors (Lipinski definition) is 6. The average molecular weight is 444 g/mol. The summed E-state index contributed by atoms with van der Waals surface area (Å²) < 4.78 is 10.9. The van der Waals surface area contributed by atoms with Crippen LogP contribution in [0.5, 0.6) is 11.5 Å². The second-order valence-corrected chi connectivity index (χ2v) is 8.23. The molecule has 3 aromatic rings. The number of ether oxygens (including phenoxy) is 2. The third-order valence-corrected chi connectivity index (χ3v) is 5.76. The van der Waals surface area contributed by atoms with Gasteiger partial charge < -0.3 is 14.4 Å². The molecule has 4 rings (SSSR count). The van der Waals surface area contributed by atoms with Gasteiger partial charge in [0.25, 0.3) is 11.8 Å². The number of nitrogens with zero attached hydrogens (tertiary/aromatic N) is 2. The Kier molecular flexibility index (Phi) is 5.61. The third kappa shape index (κ3) is 4.10. The van der Waals surface area contributed by atoms with Gasteiger partial charge in [-0.15, -0.1) is 11.3 Å². The number of rotatable bonds is 5. The van der Waals surface area contributed by atoms with Gasteiger partial charge in [0.2, 0.25) is 0 Å². The quantitative estimate of drug-likeness (QED) is 0.640. The Balaban J connectivity index is 1.48. The van der Waals surface area contributed by atoms with E-state index in [4.69, 9.17) is 21.1 Å². The van der Waals surface area contributed by atoms with Crippen LogP contribution in [0.3, 0.4) is 0 Å². The van der Waals surface area contributed by atoms with Gasteiger partial charge in [-0.1, -0.05) is 23.7 Å². The molecule has 154 valence electrons. The normalized spacial score (nSPS) is 12.9. The van der Waals surface area contributed by atoms with E-state index in [9.17, 15) is 9.59 Å². The van der Waals surface area contributed by atoms with Crippen LogP contribution in [0.25, 0.3) is 11.3 Å². The molecule has 7 nitrogen and oxygen atoms in total. The maximum Gasteiger partial charge on any atom is 0.264 e. The van der Waals surface area contributed by atoms with E-state index in [0.717, 1.165) is 16.1 Å². The SMILES string of the molecule is Cc1sc(NC(=O)COc2ccccc2Cl)nc1-c1ccc2c(c1)N(C)C(=O)CO2. The predicted octanol–water partition coefficient (Wildman–Crippen LogP) is 4.14. The molecule has 1 aliphatic rings. The summed E-state index contributed by atoms with van der Waals surface area (Å²) in [5, 5.41) is 3.66. The van der Waals surface area contributed by atoms with Crippen LogP contribution in [0.2, 0.25) is 5.02 Å². The summed E-state index contributed by atoms with van der Waals surface area (Å²) in [6, 6.07) is 12.5. The first-order valence-electron chi connectivity index (χ1n) is 9.11. The zero-order valence-electron chi connectivity index (χ0n) is 16.3. The summed E-state index contributed by atoms with van der Waals surface area (Å²) in [6.07, 6.45) is 0. The van der Waals surface area contributed by atoms with E-state index in [-0.39, 0.29) is 25.0 Å². The molecule has 0 saturated carbocycles. The predicted molar refractivity (Wildman–Crippen MR) is 117 cm³/mol. The standard InChI is InChI=1S/C21H18ClN3O4S/c1-12-20(13-7-8-17-15(9-13)25(2)19(27)11-29-17)24-21(30-12)23-18(26)10-28-16-6-4-3-5-14(16)22/h3-9H,10-11H2,1-2H3,(H,23,24,26). The number of thiazole rings is 1. The Bertz CT molecular complexity index is 1130. The number of aryl methyl sites for hydroxylation is 1. The van der Waals surface area contributed by atoms with Gasteiger partial charge in [0.05, 0.1) is 16.4 Å². The molecular formula is C21H18ClN3O4S. The van der Waals surface area contributed by atoms with Gasteiger partial charge in [-0.25, -0.2) is 4.98 Å². The van der Waals surface area contributed by atoms with E-state index in [1.807, 2.05) is 25.1 Å². The fourth-order valence-electron chi connectivity index (χ4n) is 3.00. The molecule has 1 aliphatic heterocycles. The Hall–Kier alpha value is -3.10. The zero-order valence-corrected chi connectivity index (χ0v) is 17.8. The minimum absolute atomic E-state index is 0.0328. The minimum Gasteiger partial charge on any atom is -0.482 e. The van der Waals surface area contributed by atoms with Gasteiger partial charge >= 0.3 is 0 Å². The maximum absolute atomic E-state index is 12.3. The first-order chi connectivity index (χ1) is 14.4. The van der Waals surface area contributed by atoms with Gasteiger partial charge in [0, 0.05) is 17.5 Å². The van der Waals surface area contributed by atoms with Crippen molar-refractivity contribution >= 4 is 45.6 Å². The van der Waals surface area contributed by atoms with Gasteiger partial charge in [0.1, 0.15) is 11.5 Å². The van der Waals surface area contributed by atoms with Crippen molar-refractivity contribution in [3.05, 3.63) is 52.4 Å². The molecule has 0 spiro atoms. The van der Waals surface area contributed by atoms with Crippen LogP contribution < -0.4 is 19.7 Å². The molecule has 9 heteroatoms. The highest BCUT2D eigenvalue weighted by Gasteiger charge is 2.23. The smallest absolute Gasteiger partial charge is 0.264 e. The first-order valence-corrected chi connectivity index (χ1v) is 10.3. The van der Waals surface area contributed by atoms with Crippen LogP contribution >= 0.6 is 22.9 Å². The molecule has 30 heavy (non-hydrogen) atoms. The molecule has 0 atom stereocenters. The number of carbonyl (C=O) groups is 2. The summed E-state index contributed by atoms with van der Waals surface area (Å²) in [6.45, 7) is 1.78. The number of anilines is 2. The summed E-state index contributed by atoms with van der Waals surface area (Å²) in [4.78, 5) is 31.2. The fraction of sp³-hybridized carbons (Fsp3) is 0.190. The Morgan fingerprint density at radius 3 is 2.93 bits per heavy atom. The van der Waals surface area contributed by atoms with Gasteiger partial charge in [0.15, 0.2) is 18.3 Å². The first kappa shape index (κ1) is 20.2. The molecule has 1 aromatic heterocycles. The molecule has 2 amide bonds. The van der Waals surface area contributed by atoms with E-state index in [2.05, 4.69) is 10.3 Å². The molecule has 0 aliphatic carbocycles. The Morgan fingerprint density at radius 2 is 2.13 bits per heavy atom. The van der Waals surface area contributed by atoms with Crippen molar-refractivity contribution in [3.63, 3.8) is 0 Å². The zero-order chi connectivity index (χ0) is 21.3. The molecule has 0 radical (unpaired) electrons. The topological polar surface area (TPSA) is 80.8 Å². The van der Waals surface area contributed by atoms with Crippen molar-refractivity contribution in [1.29, 1.82) is 0 Å². The van der Waals surface area contributed by atoms with Crippen molar-refractivity contribution in [2.24, 2.45) is 0 Å². The highest BCUT2D eigenvalue weighted by molar-refractivity contribution is 7.16. The maximum atomic E-state index is 12.3. The van der Waals surface area contributed by atoms with Crippen LogP contribution in [0.15, 0.2) is 42.5 Å². The number of likely N-dealkylation sites (N-methyl/N-ethyl adjacent to an activating group) is 1. The van der Waals surface area contributed by atoms with Gasteiger partial charge in [-0.05, 0) is 37.3 Å². The molecule has 2 aromatic carbocycles. The van der Waals surface area contributed by atoms with Crippen LogP contribution in [0, 0.1) is 6.92 Å². The highest BCUT2D eigenvalue weighted by Crippen LogP contribution is 2.37. The molecular weight excluding hydrogens is 426 g/mol. The van der Waals surface area contributed by atoms with Crippen LogP contribution in [-0.4, -0.2) is 37.1 Å². The monoisotopic (exact) mass is 443 g/mol. The number of benzene rings is 2. The van der Waals surface area contributed by atoms with Crippen molar-refractivity contribution in [1.82, 2.24) is 4.98 Å². The lowest BCUT2D eigenvalue weighted by Crippen LogP contribution is -2.35. The Morgan fingerprint density at radius 1 is 1.33 bits per heavy atom. The molecule has 0 fully saturated rings. The number of nitrogens with one attached hydrogen (secondary N) is 1. The second kappa shape index (κ2) is 8.33. The number of hydrogen-bond donors (Lipinski definition) is 1. The van der Waals surface area contributed by atoms with E-state index in [1.165, 1.54) is 11.3 Å². The number of aromatic nitrogens is 1. The number of para-hydroxylation sites is 1. The molecule has 0 saturated heterocycles. The van der Waals surface area contributed by atoms with Crippen LogP contribution in [0.4, 0.5) is 10.8 Å². The average Bonchev–Trinajstić information content (AvgIpc) is 3.10.